The highest BCUT2D eigenvalue weighted by Gasteiger charge is 2.28. The van der Waals surface area contributed by atoms with E-state index < -0.39 is 0 Å². The zero-order chi connectivity index (χ0) is 19.4. The Balaban J connectivity index is 3.36. The lowest BCUT2D eigenvalue weighted by Crippen LogP contribution is -2.21. The summed E-state index contributed by atoms with van der Waals surface area (Å²) in [6.07, 6.45) is 3.55. The van der Waals surface area contributed by atoms with Crippen LogP contribution in [0.2, 0.25) is 0 Å². The average Bonchev–Trinajstić information content (AvgIpc) is 2.49. The minimum atomic E-state index is -0.162. The Morgan fingerprint density at radius 3 is 1.92 bits per heavy atom. The first kappa shape index (κ1) is 21.5. The Bertz CT molecular complexity index is 553. The van der Waals surface area contributed by atoms with Gasteiger partial charge in [-0.3, -0.25) is 4.79 Å². The van der Waals surface area contributed by atoms with Crippen LogP contribution in [0.3, 0.4) is 0 Å². The van der Waals surface area contributed by atoms with Crippen molar-refractivity contribution in [1.29, 1.82) is 0 Å². The van der Waals surface area contributed by atoms with Crippen molar-refractivity contribution in [2.75, 3.05) is 7.11 Å². The van der Waals surface area contributed by atoms with Crippen molar-refractivity contribution in [2.24, 2.45) is 5.92 Å². The summed E-state index contributed by atoms with van der Waals surface area (Å²) >= 11 is 0. The number of carbonyl (C=O) groups excluding carboxylic acids is 1. The van der Waals surface area contributed by atoms with Gasteiger partial charge in [-0.05, 0) is 40.4 Å². The van der Waals surface area contributed by atoms with E-state index in [2.05, 4.69) is 60.6 Å². The van der Waals surface area contributed by atoms with Crippen molar-refractivity contribution in [3.8, 4) is 5.75 Å². The molecule has 0 amide bonds. The first-order valence-corrected chi connectivity index (χ1v) is 9.36. The van der Waals surface area contributed by atoms with Crippen LogP contribution in [0.5, 0.6) is 5.75 Å². The second-order valence-corrected chi connectivity index (χ2v) is 9.11. The minimum absolute atomic E-state index is 0.130. The second kappa shape index (κ2) is 8.25. The lowest BCUT2D eigenvalue weighted by Gasteiger charge is -2.28. The van der Waals surface area contributed by atoms with Gasteiger partial charge in [0.15, 0.2) is 0 Å². The summed E-state index contributed by atoms with van der Waals surface area (Å²) in [5.41, 5.74) is 2.65. The number of benzene rings is 1. The molecular formula is C22H36O3. The molecule has 0 aliphatic carbocycles. The predicted molar refractivity (Wildman–Crippen MR) is 104 cm³/mol. The van der Waals surface area contributed by atoms with Gasteiger partial charge in [-0.25, -0.2) is 0 Å². The van der Waals surface area contributed by atoms with Gasteiger partial charge in [0.25, 0.3) is 0 Å². The van der Waals surface area contributed by atoms with Gasteiger partial charge in [-0.2, -0.15) is 0 Å². The van der Waals surface area contributed by atoms with Crippen LogP contribution in [0.25, 0.3) is 0 Å². The Kier molecular flexibility index (Phi) is 7.10. The molecule has 0 saturated heterocycles. The molecule has 142 valence electrons. The predicted octanol–water partition coefficient (Wildman–Crippen LogP) is 5.51. The maximum absolute atomic E-state index is 12.2. The first-order valence-electron chi connectivity index (χ1n) is 9.36. The Labute approximate surface area is 153 Å². The fourth-order valence-electron chi connectivity index (χ4n) is 3.16. The maximum atomic E-state index is 12.2. The number of unbranched alkanes of at least 4 members (excludes halogenated alkanes) is 1. The van der Waals surface area contributed by atoms with E-state index >= 15 is 0 Å². The van der Waals surface area contributed by atoms with E-state index in [0.717, 1.165) is 36.0 Å². The van der Waals surface area contributed by atoms with Crippen molar-refractivity contribution in [3.05, 3.63) is 28.8 Å². The summed E-state index contributed by atoms with van der Waals surface area (Å²) in [6.45, 7) is 14.8. The van der Waals surface area contributed by atoms with E-state index in [0.29, 0.717) is 12.2 Å². The smallest absolute Gasteiger partial charge is 0.308 e. The number of ether oxygens (including phenoxy) is 1. The third kappa shape index (κ3) is 5.76. The van der Waals surface area contributed by atoms with Gasteiger partial charge in [0, 0.05) is 0 Å². The molecule has 0 aliphatic heterocycles. The molecule has 0 spiro atoms. The fourth-order valence-corrected chi connectivity index (χ4v) is 3.16. The molecular weight excluding hydrogens is 312 g/mol. The van der Waals surface area contributed by atoms with Crippen LogP contribution < -0.4 is 0 Å². The first-order chi connectivity index (χ1) is 11.4. The van der Waals surface area contributed by atoms with E-state index in [1.807, 2.05) is 0 Å². The third-order valence-corrected chi connectivity index (χ3v) is 4.71. The SMILES string of the molecule is CCCCC(Cc1cc(C(C)(C)C)c(O)c(C(C)(C)C)c1)C(=O)OC. The number of phenols is 1. The van der Waals surface area contributed by atoms with Crippen LogP contribution >= 0.6 is 0 Å². The van der Waals surface area contributed by atoms with Gasteiger partial charge < -0.3 is 9.84 Å². The number of methoxy groups -OCH3 is 1. The monoisotopic (exact) mass is 348 g/mol. The van der Waals surface area contributed by atoms with Crippen LogP contribution in [0.4, 0.5) is 0 Å². The second-order valence-electron chi connectivity index (χ2n) is 9.11. The van der Waals surface area contributed by atoms with E-state index in [4.69, 9.17) is 4.74 Å². The Morgan fingerprint density at radius 1 is 1.08 bits per heavy atom. The van der Waals surface area contributed by atoms with Crippen molar-refractivity contribution in [3.63, 3.8) is 0 Å². The lowest BCUT2D eigenvalue weighted by molar-refractivity contribution is -0.145. The van der Waals surface area contributed by atoms with E-state index in [1.165, 1.54) is 7.11 Å². The van der Waals surface area contributed by atoms with Crippen molar-refractivity contribution in [1.82, 2.24) is 0 Å². The van der Waals surface area contributed by atoms with Gasteiger partial charge in [0.1, 0.15) is 5.75 Å². The molecule has 0 aliphatic rings. The molecule has 0 heterocycles. The molecule has 1 aromatic rings. The highest BCUT2D eigenvalue weighted by Crippen LogP contribution is 2.40. The maximum Gasteiger partial charge on any atom is 0.308 e. The highest BCUT2D eigenvalue weighted by atomic mass is 16.5. The zero-order valence-corrected chi connectivity index (χ0v) is 17.3. The summed E-state index contributed by atoms with van der Waals surface area (Å²) in [7, 11) is 1.46. The van der Waals surface area contributed by atoms with E-state index in [-0.39, 0.29) is 22.7 Å². The molecule has 0 aromatic heterocycles. The van der Waals surface area contributed by atoms with Gasteiger partial charge in [0.05, 0.1) is 13.0 Å². The van der Waals surface area contributed by atoms with Gasteiger partial charge in [-0.1, -0.05) is 73.4 Å². The van der Waals surface area contributed by atoms with Crippen LogP contribution in [-0.2, 0) is 26.8 Å². The standard InChI is InChI=1S/C22H36O3/c1-9-10-11-16(20(24)25-8)12-15-13-17(21(2,3)4)19(23)18(14-15)22(5,6)7/h13-14,16,23H,9-12H2,1-8H3. The lowest BCUT2D eigenvalue weighted by atomic mass is 9.77. The average molecular weight is 349 g/mol. The zero-order valence-electron chi connectivity index (χ0n) is 17.3. The van der Waals surface area contributed by atoms with Crippen molar-refractivity contribution in [2.45, 2.75) is 85.0 Å². The summed E-state index contributed by atoms with van der Waals surface area (Å²) in [6, 6.07) is 4.12. The van der Waals surface area contributed by atoms with Crippen LogP contribution in [0, 0.1) is 5.92 Å². The number of carbonyl (C=O) groups is 1. The van der Waals surface area contributed by atoms with E-state index in [1.54, 1.807) is 0 Å². The molecule has 1 atom stereocenters. The quantitative estimate of drug-likeness (QED) is 0.690. The molecule has 3 heteroatoms. The summed E-state index contributed by atoms with van der Waals surface area (Å²) < 4.78 is 5.01. The molecule has 0 fully saturated rings. The number of aromatic hydroxyl groups is 1. The number of hydrogen-bond acceptors (Lipinski definition) is 3. The Morgan fingerprint density at radius 2 is 1.56 bits per heavy atom. The molecule has 1 rings (SSSR count). The largest absolute Gasteiger partial charge is 0.507 e. The molecule has 0 saturated carbocycles. The molecule has 0 radical (unpaired) electrons. The van der Waals surface area contributed by atoms with Crippen molar-refractivity contribution < 1.29 is 14.6 Å². The Hall–Kier alpha value is -1.51. The van der Waals surface area contributed by atoms with Gasteiger partial charge >= 0.3 is 5.97 Å². The van der Waals surface area contributed by atoms with E-state index in [9.17, 15) is 9.90 Å². The molecule has 1 N–H and O–H groups in total. The fraction of sp³-hybridized carbons (Fsp3) is 0.682. The number of esters is 1. The van der Waals surface area contributed by atoms with Crippen LogP contribution in [-0.4, -0.2) is 18.2 Å². The molecule has 1 unspecified atom stereocenters. The van der Waals surface area contributed by atoms with Crippen LogP contribution in [0.15, 0.2) is 12.1 Å². The summed E-state index contributed by atoms with van der Waals surface area (Å²) in [5.74, 6) is 0.109. The topological polar surface area (TPSA) is 46.5 Å². The number of rotatable bonds is 6. The molecule has 0 bridgehead atoms. The third-order valence-electron chi connectivity index (χ3n) is 4.71. The number of phenolic OH excluding ortho intramolecular Hbond substituents is 1. The summed E-state index contributed by atoms with van der Waals surface area (Å²) in [4.78, 5) is 12.2. The minimum Gasteiger partial charge on any atom is -0.507 e. The normalized spacial score (nSPS) is 13.6. The molecule has 25 heavy (non-hydrogen) atoms. The molecule has 1 aromatic carbocycles. The van der Waals surface area contributed by atoms with Gasteiger partial charge in [-0.15, -0.1) is 0 Å². The van der Waals surface area contributed by atoms with Gasteiger partial charge in [0.2, 0.25) is 0 Å². The van der Waals surface area contributed by atoms with Crippen LogP contribution in [0.1, 0.15) is 84.4 Å². The number of hydrogen-bond donors (Lipinski definition) is 1. The van der Waals surface area contributed by atoms with Crippen molar-refractivity contribution >= 4 is 5.97 Å². The molecule has 3 nitrogen and oxygen atoms in total. The summed E-state index contributed by atoms with van der Waals surface area (Å²) in [5, 5.41) is 10.8. The highest BCUT2D eigenvalue weighted by molar-refractivity contribution is 5.72.